The highest BCUT2D eigenvalue weighted by atomic mass is 19.1. The highest BCUT2D eigenvalue weighted by Crippen LogP contribution is 2.00. The van der Waals surface area contributed by atoms with Crippen LogP contribution in [0.15, 0.2) is 0 Å². The Kier molecular flexibility index (Phi) is 2.96. The summed E-state index contributed by atoms with van der Waals surface area (Å²) in [6.07, 6.45) is 0. The van der Waals surface area contributed by atoms with Crippen molar-refractivity contribution in [1.29, 1.82) is 0 Å². The molecule has 1 atom stereocenters. The first kappa shape index (κ1) is 8.62. The zero-order chi connectivity index (χ0) is 8.27. The van der Waals surface area contributed by atoms with Crippen LogP contribution in [0.3, 0.4) is 0 Å². The standard InChI is InChI=1S/C7H13FN2O/c1-10-3-2-9-5-6(10)7(11)4-8/h6,9H,2-5H2,1H3. The zero-order valence-electron chi connectivity index (χ0n) is 6.64. The lowest BCUT2D eigenvalue weighted by atomic mass is 10.1. The smallest absolute Gasteiger partial charge is 0.182 e. The number of ketones is 1. The molecule has 0 aliphatic carbocycles. The number of hydrogen-bond donors (Lipinski definition) is 1. The predicted molar refractivity (Wildman–Crippen MR) is 40.3 cm³/mol. The average molecular weight is 160 g/mol. The van der Waals surface area contributed by atoms with Gasteiger partial charge < -0.3 is 5.32 Å². The molecule has 4 heteroatoms. The van der Waals surface area contributed by atoms with E-state index in [9.17, 15) is 9.18 Å². The van der Waals surface area contributed by atoms with Crippen LogP contribution in [0.1, 0.15) is 0 Å². The first-order chi connectivity index (χ1) is 5.25. The van der Waals surface area contributed by atoms with E-state index in [0.29, 0.717) is 6.54 Å². The number of alkyl halides is 1. The Labute approximate surface area is 65.6 Å². The summed E-state index contributed by atoms with van der Waals surface area (Å²) >= 11 is 0. The molecule has 0 amide bonds. The Bertz CT molecular complexity index is 151. The van der Waals surface area contributed by atoms with Gasteiger partial charge in [-0.1, -0.05) is 0 Å². The van der Waals surface area contributed by atoms with Crippen molar-refractivity contribution in [2.24, 2.45) is 0 Å². The number of carbonyl (C=O) groups is 1. The molecule has 1 N–H and O–H groups in total. The fourth-order valence-corrected chi connectivity index (χ4v) is 1.25. The van der Waals surface area contributed by atoms with E-state index in [-0.39, 0.29) is 11.8 Å². The van der Waals surface area contributed by atoms with Crippen molar-refractivity contribution in [2.45, 2.75) is 6.04 Å². The van der Waals surface area contributed by atoms with E-state index in [0.717, 1.165) is 13.1 Å². The van der Waals surface area contributed by atoms with Crippen LogP contribution in [-0.4, -0.2) is 50.1 Å². The Hall–Kier alpha value is -0.480. The van der Waals surface area contributed by atoms with Gasteiger partial charge in [0.2, 0.25) is 0 Å². The van der Waals surface area contributed by atoms with Gasteiger partial charge in [0.25, 0.3) is 0 Å². The van der Waals surface area contributed by atoms with Crippen molar-refractivity contribution in [1.82, 2.24) is 10.2 Å². The lowest BCUT2D eigenvalue weighted by molar-refractivity contribution is -0.125. The van der Waals surface area contributed by atoms with Crippen molar-refractivity contribution in [3.8, 4) is 0 Å². The van der Waals surface area contributed by atoms with E-state index in [2.05, 4.69) is 5.32 Å². The summed E-state index contributed by atoms with van der Waals surface area (Å²) in [6, 6.07) is -0.256. The van der Waals surface area contributed by atoms with Gasteiger partial charge in [-0.2, -0.15) is 0 Å². The first-order valence-electron chi connectivity index (χ1n) is 3.75. The van der Waals surface area contributed by atoms with Crippen molar-refractivity contribution < 1.29 is 9.18 Å². The van der Waals surface area contributed by atoms with Crippen LogP contribution in [0.4, 0.5) is 4.39 Å². The molecule has 0 aromatic carbocycles. The van der Waals surface area contributed by atoms with E-state index in [4.69, 9.17) is 0 Å². The van der Waals surface area contributed by atoms with Gasteiger partial charge in [-0.15, -0.1) is 0 Å². The molecule has 1 aliphatic rings. The second kappa shape index (κ2) is 3.78. The molecule has 0 saturated carbocycles. The van der Waals surface area contributed by atoms with Crippen LogP contribution < -0.4 is 5.32 Å². The minimum absolute atomic E-state index is 0.256. The predicted octanol–water partition coefficient (Wildman–Crippen LogP) is -0.571. The molecule has 1 rings (SSSR count). The minimum Gasteiger partial charge on any atom is -0.313 e. The Morgan fingerprint density at radius 2 is 2.55 bits per heavy atom. The number of halogens is 1. The van der Waals surface area contributed by atoms with Gasteiger partial charge in [0.1, 0.15) is 6.67 Å². The zero-order valence-corrected chi connectivity index (χ0v) is 6.64. The molecule has 1 aliphatic heterocycles. The molecule has 64 valence electrons. The summed E-state index contributed by atoms with van der Waals surface area (Å²) in [4.78, 5) is 12.8. The lowest BCUT2D eigenvalue weighted by Gasteiger charge is -2.31. The van der Waals surface area contributed by atoms with E-state index >= 15 is 0 Å². The summed E-state index contributed by atoms with van der Waals surface area (Å²) in [6.45, 7) is 1.43. The third-order valence-electron chi connectivity index (χ3n) is 2.01. The van der Waals surface area contributed by atoms with Crippen molar-refractivity contribution in [3.63, 3.8) is 0 Å². The fourth-order valence-electron chi connectivity index (χ4n) is 1.25. The quantitative estimate of drug-likeness (QED) is 0.587. The Balaban J connectivity index is 2.47. The summed E-state index contributed by atoms with van der Waals surface area (Å²) in [7, 11) is 1.85. The molecule has 1 saturated heterocycles. The SMILES string of the molecule is CN1CCNCC1C(=O)CF. The van der Waals surface area contributed by atoms with Gasteiger partial charge in [-0.05, 0) is 7.05 Å². The monoisotopic (exact) mass is 160 g/mol. The maximum absolute atomic E-state index is 11.9. The highest BCUT2D eigenvalue weighted by Gasteiger charge is 2.24. The van der Waals surface area contributed by atoms with Crippen LogP contribution in [0, 0.1) is 0 Å². The van der Waals surface area contributed by atoms with Crippen LogP contribution in [0.2, 0.25) is 0 Å². The number of nitrogens with one attached hydrogen (secondary N) is 1. The third-order valence-corrected chi connectivity index (χ3v) is 2.01. The van der Waals surface area contributed by atoms with E-state index in [1.165, 1.54) is 0 Å². The number of hydrogen-bond acceptors (Lipinski definition) is 3. The molecule has 0 aromatic heterocycles. The molecule has 1 fully saturated rings. The first-order valence-corrected chi connectivity index (χ1v) is 3.75. The number of Topliss-reactive ketones (excluding diaryl/α,β-unsaturated/α-hetero) is 1. The number of rotatable bonds is 2. The minimum atomic E-state index is -0.851. The molecule has 11 heavy (non-hydrogen) atoms. The topological polar surface area (TPSA) is 32.3 Å². The molecule has 0 aromatic rings. The molecule has 0 spiro atoms. The lowest BCUT2D eigenvalue weighted by Crippen LogP contribution is -2.53. The maximum Gasteiger partial charge on any atom is 0.182 e. The Morgan fingerprint density at radius 1 is 1.82 bits per heavy atom. The van der Waals surface area contributed by atoms with Crippen molar-refractivity contribution in [2.75, 3.05) is 33.4 Å². The van der Waals surface area contributed by atoms with Gasteiger partial charge in [0.05, 0.1) is 6.04 Å². The largest absolute Gasteiger partial charge is 0.313 e. The average Bonchev–Trinajstić information content (AvgIpc) is 2.04. The second-order valence-electron chi connectivity index (χ2n) is 2.80. The number of piperazine rings is 1. The molecule has 3 nitrogen and oxygen atoms in total. The third kappa shape index (κ3) is 1.97. The van der Waals surface area contributed by atoms with Gasteiger partial charge in [-0.25, -0.2) is 4.39 Å². The Morgan fingerprint density at radius 3 is 3.09 bits per heavy atom. The number of likely N-dealkylation sites (N-methyl/N-ethyl adjacent to an activating group) is 1. The molecule has 0 bridgehead atoms. The van der Waals surface area contributed by atoms with Gasteiger partial charge >= 0.3 is 0 Å². The van der Waals surface area contributed by atoms with Crippen LogP contribution in [0.5, 0.6) is 0 Å². The van der Waals surface area contributed by atoms with Gasteiger partial charge in [0.15, 0.2) is 5.78 Å². The summed E-state index contributed by atoms with van der Waals surface area (Å²) < 4.78 is 11.9. The highest BCUT2D eigenvalue weighted by molar-refractivity contribution is 5.85. The van der Waals surface area contributed by atoms with Crippen molar-refractivity contribution in [3.05, 3.63) is 0 Å². The van der Waals surface area contributed by atoms with Gasteiger partial charge in [-0.3, -0.25) is 9.69 Å². The fraction of sp³-hybridized carbons (Fsp3) is 0.857. The van der Waals surface area contributed by atoms with E-state index < -0.39 is 6.67 Å². The molecule has 1 unspecified atom stereocenters. The number of carbonyl (C=O) groups excluding carboxylic acids is 1. The summed E-state index contributed by atoms with van der Waals surface area (Å²) in [5, 5.41) is 3.05. The number of nitrogens with zero attached hydrogens (tertiary/aromatic N) is 1. The van der Waals surface area contributed by atoms with Crippen LogP contribution >= 0.6 is 0 Å². The second-order valence-corrected chi connectivity index (χ2v) is 2.80. The molecule has 1 heterocycles. The van der Waals surface area contributed by atoms with Crippen LogP contribution in [0.25, 0.3) is 0 Å². The van der Waals surface area contributed by atoms with Crippen molar-refractivity contribution >= 4 is 5.78 Å². The molecular weight excluding hydrogens is 147 g/mol. The normalized spacial score (nSPS) is 26.9. The van der Waals surface area contributed by atoms with E-state index in [1.807, 2.05) is 11.9 Å². The molecule has 0 radical (unpaired) electrons. The van der Waals surface area contributed by atoms with E-state index in [1.54, 1.807) is 0 Å². The van der Waals surface area contributed by atoms with Gasteiger partial charge in [0, 0.05) is 19.6 Å². The summed E-state index contributed by atoms with van der Waals surface area (Å²) in [5.74, 6) is -0.320. The maximum atomic E-state index is 11.9. The molecular formula is C7H13FN2O. The van der Waals surface area contributed by atoms with Crippen LogP contribution in [-0.2, 0) is 4.79 Å². The summed E-state index contributed by atoms with van der Waals surface area (Å²) in [5.41, 5.74) is 0.